The van der Waals surface area contributed by atoms with Crippen molar-refractivity contribution in [2.45, 2.75) is 38.1 Å². The van der Waals surface area contributed by atoms with Gasteiger partial charge in [-0.3, -0.25) is 0 Å². The number of nitrogens with one attached hydrogen (secondary N) is 1. The summed E-state index contributed by atoms with van der Waals surface area (Å²) >= 11 is 12.1. The van der Waals surface area contributed by atoms with Gasteiger partial charge in [0.25, 0.3) is 0 Å². The van der Waals surface area contributed by atoms with Gasteiger partial charge in [-0.15, -0.1) is 0 Å². The summed E-state index contributed by atoms with van der Waals surface area (Å²) in [5, 5.41) is 5.03. The van der Waals surface area contributed by atoms with Gasteiger partial charge >= 0.3 is 0 Å². The molecule has 3 heteroatoms. The van der Waals surface area contributed by atoms with Crippen LogP contribution in [0.1, 0.15) is 31.2 Å². The lowest BCUT2D eigenvalue weighted by molar-refractivity contribution is 0.456. The van der Waals surface area contributed by atoms with Crippen molar-refractivity contribution in [1.29, 1.82) is 0 Å². The molecule has 1 aliphatic carbocycles. The first-order valence-electron chi connectivity index (χ1n) is 6.32. The Hall–Kier alpha value is -0.240. The average Bonchev–Trinajstić information content (AvgIpc) is 3.13. The van der Waals surface area contributed by atoms with E-state index in [9.17, 15) is 0 Å². The summed E-state index contributed by atoms with van der Waals surface area (Å²) in [5.41, 5.74) is 1.17. The van der Waals surface area contributed by atoms with E-state index in [1.165, 1.54) is 31.2 Å². The van der Waals surface area contributed by atoms with Gasteiger partial charge in [0, 0.05) is 16.1 Å². The predicted molar refractivity (Wildman–Crippen MR) is 75.0 cm³/mol. The Morgan fingerprint density at radius 3 is 2.76 bits per heavy atom. The van der Waals surface area contributed by atoms with Crippen LogP contribution in [0.5, 0.6) is 0 Å². The Kier molecular flexibility index (Phi) is 4.72. The first-order chi connectivity index (χ1) is 8.20. The number of rotatable bonds is 6. The molecule has 1 atom stereocenters. The quantitative estimate of drug-likeness (QED) is 0.813. The molecule has 0 bridgehead atoms. The van der Waals surface area contributed by atoms with E-state index in [0.29, 0.717) is 6.04 Å². The highest BCUT2D eigenvalue weighted by atomic mass is 35.5. The normalized spacial score (nSPS) is 17.1. The zero-order valence-electron chi connectivity index (χ0n) is 10.2. The second-order valence-corrected chi connectivity index (χ2v) is 5.70. The predicted octanol–water partition coefficient (Wildman–Crippen LogP) is 4.31. The second kappa shape index (κ2) is 6.08. The molecule has 0 aliphatic heterocycles. The highest BCUT2D eigenvalue weighted by molar-refractivity contribution is 6.33. The van der Waals surface area contributed by atoms with Crippen molar-refractivity contribution in [3.05, 3.63) is 33.8 Å². The van der Waals surface area contributed by atoms with Crippen LogP contribution in [0.3, 0.4) is 0 Å². The van der Waals surface area contributed by atoms with Gasteiger partial charge in [0.15, 0.2) is 0 Å². The molecule has 0 aromatic heterocycles. The largest absolute Gasteiger partial charge is 0.317 e. The molecule has 1 N–H and O–H groups in total. The SMILES string of the molecule is CNC(CCCc1cc(Cl)ccc1Cl)C1CC1. The van der Waals surface area contributed by atoms with Crippen LogP contribution < -0.4 is 5.32 Å². The number of benzene rings is 1. The molecular formula is C14H19Cl2N. The molecule has 1 nitrogen and oxygen atoms in total. The van der Waals surface area contributed by atoms with E-state index in [1.807, 2.05) is 18.2 Å². The fourth-order valence-electron chi connectivity index (χ4n) is 2.36. The molecule has 1 unspecified atom stereocenters. The van der Waals surface area contributed by atoms with Gasteiger partial charge in [-0.1, -0.05) is 23.2 Å². The molecule has 1 saturated carbocycles. The molecule has 1 aliphatic rings. The van der Waals surface area contributed by atoms with Crippen molar-refractivity contribution in [3.63, 3.8) is 0 Å². The van der Waals surface area contributed by atoms with Crippen LogP contribution >= 0.6 is 23.2 Å². The summed E-state index contributed by atoms with van der Waals surface area (Å²) < 4.78 is 0. The lowest BCUT2D eigenvalue weighted by Gasteiger charge is -2.15. The van der Waals surface area contributed by atoms with Crippen LogP contribution in [-0.2, 0) is 6.42 Å². The van der Waals surface area contributed by atoms with E-state index in [1.54, 1.807) is 0 Å². The van der Waals surface area contributed by atoms with Crippen molar-refractivity contribution in [2.75, 3.05) is 7.05 Å². The number of hydrogen-bond donors (Lipinski definition) is 1. The Morgan fingerprint density at radius 1 is 1.35 bits per heavy atom. The molecule has 0 amide bonds. The summed E-state index contributed by atoms with van der Waals surface area (Å²) in [6, 6.07) is 6.40. The molecule has 0 spiro atoms. The van der Waals surface area contributed by atoms with E-state index in [0.717, 1.165) is 22.4 Å². The van der Waals surface area contributed by atoms with Crippen molar-refractivity contribution < 1.29 is 0 Å². The van der Waals surface area contributed by atoms with Gasteiger partial charge < -0.3 is 5.32 Å². The minimum Gasteiger partial charge on any atom is -0.317 e. The Balaban J connectivity index is 1.82. The summed E-state index contributed by atoms with van der Waals surface area (Å²) in [6.07, 6.45) is 6.20. The second-order valence-electron chi connectivity index (χ2n) is 4.86. The highest BCUT2D eigenvalue weighted by Gasteiger charge is 2.29. The van der Waals surface area contributed by atoms with E-state index < -0.39 is 0 Å². The maximum atomic E-state index is 6.15. The third-order valence-corrected chi connectivity index (χ3v) is 4.13. The van der Waals surface area contributed by atoms with Crippen molar-refractivity contribution in [1.82, 2.24) is 5.32 Å². The smallest absolute Gasteiger partial charge is 0.0439 e. The minimum atomic E-state index is 0.688. The highest BCUT2D eigenvalue weighted by Crippen LogP contribution is 2.34. The maximum absolute atomic E-state index is 6.15. The van der Waals surface area contributed by atoms with Gasteiger partial charge in [-0.05, 0) is 68.8 Å². The summed E-state index contributed by atoms with van der Waals surface area (Å²) in [7, 11) is 2.06. The molecule has 94 valence electrons. The fourth-order valence-corrected chi connectivity index (χ4v) is 2.77. The van der Waals surface area contributed by atoms with Gasteiger partial charge in [0.05, 0.1) is 0 Å². The number of aryl methyl sites for hydroxylation is 1. The third-order valence-electron chi connectivity index (χ3n) is 3.53. The van der Waals surface area contributed by atoms with Crippen LogP contribution in [0.2, 0.25) is 10.0 Å². The third kappa shape index (κ3) is 3.87. The van der Waals surface area contributed by atoms with Crippen LogP contribution in [-0.4, -0.2) is 13.1 Å². The van der Waals surface area contributed by atoms with E-state index in [4.69, 9.17) is 23.2 Å². The Labute approximate surface area is 114 Å². The van der Waals surface area contributed by atoms with E-state index >= 15 is 0 Å². The summed E-state index contributed by atoms with van der Waals surface area (Å²) in [4.78, 5) is 0. The molecule has 0 saturated heterocycles. The summed E-state index contributed by atoms with van der Waals surface area (Å²) in [5.74, 6) is 0.912. The monoisotopic (exact) mass is 271 g/mol. The topological polar surface area (TPSA) is 12.0 Å². The van der Waals surface area contributed by atoms with Crippen molar-refractivity contribution in [3.8, 4) is 0 Å². The molecule has 1 aromatic rings. The standard InChI is InChI=1S/C14H19Cl2N/c1-17-14(10-5-6-10)4-2-3-11-9-12(15)7-8-13(11)16/h7-10,14,17H,2-6H2,1H3. The van der Waals surface area contributed by atoms with Crippen LogP contribution in [0, 0.1) is 5.92 Å². The van der Waals surface area contributed by atoms with Crippen molar-refractivity contribution in [2.24, 2.45) is 5.92 Å². The first-order valence-corrected chi connectivity index (χ1v) is 7.07. The van der Waals surface area contributed by atoms with Gasteiger partial charge in [0.2, 0.25) is 0 Å². The van der Waals surface area contributed by atoms with Crippen LogP contribution in [0.15, 0.2) is 18.2 Å². The lowest BCUT2D eigenvalue weighted by Crippen LogP contribution is -2.27. The maximum Gasteiger partial charge on any atom is 0.0439 e. The first kappa shape index (κ1) is 13.2. The van der Waals surface area contributed by atoms with E-state index in [2.05, 4.69) is 12.4 Å². The Bertz CT molecular complexity index is 374. The zero-order valence-corrected chi connectivity index (χ0v) is 11.7. The molecule has 2 rings (SSSR count). The lowest BCUT2D eigenvalue weighted by atomic mass is 10.0. The van der Waals surface area contributed by atoms with Crippen molar-refractivity contribution >= 4 is 23.2 Å². The molecule has 1 fully saturated rings. The molecule has 0 heterocycles. The van der Waals surface area contributed by atoms with Crippen LogP contribution in [0.4, 0.5) is 0 Å². The molecule has 17 heavy (non-hydrogen) atoms. The van der Waals surface area contributed by atoms with Gasteiger partial charge in [0.1, 0.15) is 0 Å². The molecular weight excluding hydrogens is 253 g/mol. The molecule has 1 aromatic carbocycles. The average molecular weight is 272 g/mol. The Morgan fingerprint density at radius 2 is 2.12 bits per heavy atom. The van der Waals surface area contributed by atoms with E-state index in [-0.39, 0.29) is 0 Å². The zero-order chi connectivity index (χ0) is 12.3. The molecule has 0 radical (unpaired) electrons. The van der Waals surface area contributed by atoms with Crippen LogP contribution in [0.25, 0.3) is 0 Å². The van der Waals surface area contributed by atoms with Gasteiger partial charge in [-0.25, -0.2) is 0 Å². The number of halogens is 2. The van der Waals surface area contributed by atoms with Gasteiger partial charge in [-0.2, -0.15) is 0 Å². The number of hydrogen-bond acceptors (Lipinski definition) is 1. The fraction of sp³-hybridized carbons (Fsp3) is 0.571. The minimum absolute atomic E-state index is 0.688. The summed E-state index contributed by atoms with van der Waals surface area (Å²) in [6.45, 7) is 0.